The summed E-state index contributed by atoms with van der Waals surface area (Å²) < 4.78 is 12.3. The molecule has 27 heavy (non-hydrogen) atoms. The molecule has 4 aromatic rings. The highest BCUT2D eigenvalue weighted by molar-refractivity contribution is 9.10. The summed E-state index contributed by atoms with van der Waals surface area (Å²) >= 11 is 3.45. The van der Waals surface area contributed by atoms with Crippen molar-refractivity contribution in [3.63, 3.8) is 0 Å². The second-order valence-electron chi connectivity index (χ2n) is 5.99. The van der Waals surface area contributed by atoms with Crippen LogP contribution in [0.3, 0.4) is 0 Å². The fourth-order valence-corrected chi connectivity index (χ4v) is 3.11. The summed E-state index contributed by atoms with van der Waals surface area (Å²) in [6.45, 7) is 0. The number of esters is 1. The average molecular weight is 419 g/mol. The van der Waals surface area contributed by atoms with E-state index >= 15 is 0 Å². The van der Waals surface area contributed by atoms with Gasteiger partial charge in [0.05, 0.1) is 5.56 Å². The molecule has 0 bridgehead atoms. The highest BCUT2D eigenvalue weighted by Gasteiger charge is 2.11. The van der Waals surface area contributed by atoms with Gasteiger partial charge in [0.25, 0.3) is 0 Å². The quantitative estimate of drug-likeness (QED) is 0.276. The van der Waals surface area contributed by atoms with Crippen molar-refractivity contribution in [1.82, 2.24) is 0 Å². The highest BCUT2D eigenvalue weighted by Crippen LogP contribution is 2.26. The fourth-order valence-electron chi connectivity index (χ4n) is 2.74. The van der Waals surface area contributed by atoms with Crippen molar-refractivity contribution in [2.75, 3.05) is 0 Å². The third-order valence-electron chi connectivity index (χ3n) is 4.03. The lowest BCUT2D eigenvalue weighted by atomic mass is 10.1. The predicted molar refractivity (Wildman–Crippen MR) is 110 cm³/mol. The van der Waals surface area contributed by atoms with E-state index in [0.717, 1.165) is 15.2 Å². The topological polar surface area (TPSA) is 35.5 Å². The fraction of sp³-hybridized carbons (Fsp3) is 0. The molecule has 0 saturated heterocycles. The molecule has 0 heterocycles. The summed E-state index contributed by atoms with van der Waals surface area (Å²) in [5, 5.41) is 2.08. The maximum absolute atomic E-state index is 12.5. The third-order valence-corrected chi connectivity index (χ3v) is 4.53. The lowest BCUT2D eigenvalue weighted by Gasteiger charge is -2.08. The molecule has 0 aliphatic carbocycles. The van der Waals surface area contributed by atoms with E-state index in [9.17, 15) is 4.79 Å². The Balaban J connectivity index is 1.53. The predicted octanol–water partition coefficient (Wildman–Crippen LogP) is 6.61. The number of halogens is 1. The van der Waals surface area contributed by atoms with Crippen LogP contribution in [0.2, 0.25) is 0 Å². The average Bonchev–Trinajstić information content (AvgIpc) is 2.69. The minimum atomic E-state index is -0.426. The smallest absolute Gasteiger partial charge is 0.343 e. The Morgan fingerprint density at radius 2 is 1.41 bits per heavy atom. The van der Waals surface area contributed by atoms with Crippen LogP contribution in [0, 0.1) is 0 Å². The van der Waals surface area contributed by atoms with E-state index in [1.807, 2.05) is 60.7 Å². The molecule has 0 radical (unpaired) electrons. The third kappa shape index (κ3) is 4.18. The normalized spacial score (nSPS) is 10.6. The molecule has 4 heteroatoms. The molecule has 0 aliphatic heterocycles. The van der Waals surface area contributed by atoms with E-state index in [2.05, 4.69) is 15.9 Å². The molecule has 0 amide bonds. The van der Waals surface area contributed by atoms with Gasteiger partial charge in [-0.2, -0.15) is 0 Å². The van der Waals surface area contributed by atoms with E-state index in [4.69, 9.17) is 9.47 Å². The first-order valence-electron chi connectivity index (χ1n) is 8.42. The van der Waals surface area contributed by atoms with Crippen LogP contribution in [0.4, 0.5) is 0 Å². The van der Waals surface area contributed by atoms with Crippen molar-refractivity contribution in [2.24, 2.45) is 0 Å². The molecule has 0 N–H and O–H groups in total. The zero-order chi connectivity index (χ0) is 18.6. The number of fused-ring (bicyclic) bond motifs is 1. The minimum absolute atomic E-state index is 0.426. The minimum Gasteiger partial charge on any atom is -0.457 e. The van der Waals surface area contributed by atoms with Crippen LogP contribution in [-0.2, 0) is 0 Å². The Hall–Kier alpha value is -3.11. The van der Waals surface area contributed by atoms with Gasteiger partial charge in [-0.15, -0.1) is 0 Å². The van der Waals surface area contributed by atoms with Crippen LogP contribution in [-0.4, -0.2) is 5.97 Å². The number of hydrogen-bond acceptors (Lipinski definition) is 3. The molecule has 0 unspecified atom stereocenters. The van der Waals surface area contributed by atoms with Crippen LogP contribution in [0.25, 0.3) is 10.8 Å². The number of rotatable bonds is 4. The molecule has 0 saturated carbocycles. The maximum Gasteiger partial charge on any atom is 0.343 e. The van der Waals surface area contributed by atoms with Crippen molar-refractivity contribution in [3.8, 4) is 17.2 Å². The van der Waals surface area contributed by atoms with Gasteiger partial charge < -0.3 is 9.47 Å². The van der Waals surface area contributed by atoms with Crippen LogP contribution >= 0.6 is 15.9 Å². The summed E-state index contributed by atoms with van der Waals surface area (Å²) in [5.41, 5.74) is 0.430. The summed E-state index contributed by atoms with van der Waals surface area (Å²) in [6, 6.07) is 27.9. The van der Waals surface area contributed by atoms with Crippen molar-refractivity contribution in [3.05, 3.63) is 101 Å². The Bertz CT molecular complexity index is 1110. The zero-order valence-corrected chi connectivity index (χ0v) is 15.8. The van der Waals surface area contributed by atoms with E-state index in [-0.39, 0.29) is 0 Å². The monoisotopic (exact) mass is 418 g/mol. The number of para-hydroxylation sites is 1. The summed E-state index contributed by atoms with van der Waals surface area (Å²) in [5.74, 6) is 1.37. The second-order valence-corrected chi connectivity index (χ2v) is 6.90. The molecule has 4 rings (SSSR count). The molecule has 0 fully saturated rings. The van der Waals surface area contributed by atoms with Gasteiger partial charge in [0.15, 0.2) is 0 Å². The van der Waals surface area contributed by atoms with Crippen LogP contribution in [0.1, 0.15) is 10.4 Å². The number of benzene rings is 4. The van der Waals surface area contributed by atoms with E-state index < -0.39 is 5.97 Å². The summed E-state index contributed by atoms with van der Waals surface area (Å²) in [4.78, 5) is 12.5. The molecule has 0 aromatic heterocycles. The molecule has 4 aromatic carbocycles. The maximum atomic E-state index is 12.5. The molecule has 0 spiro atoms. The molecule has 3 nitrogen and oxygen atoms in total. The first-order chi connectivity index (χ1) is 13.2. The second kappa shape index (κ2) is 7.64. The van der Waals surface area contributed by atoms with Gasteiger partial charge in [-0.1, -0.05) is 52.3 Å². The van der Waals surface area contributed by atoms with E-state index in [1.54, 1.807) is 30.3 Å². The molecular weight excluding hydrogens is 404 g/mol. The Morgan fingerprint density at radius 3 is 2.26 bits per heavy atom. The van der Waals surface area contributed by atoms with Crippen molar-refractivity contribution >= 4 is 32.7 Å². The van der Waals surface area contributed by atoms with E-state index in [0.29, 0.717) is 22.8 Å². The lowest BCUT2D eigenvalue weighted by molar-refractivity contribution is 0.0734. The standard InChI is InChI=1S/C23H15BrO3/c24-19-11-9-17-14-22(12-10-16(17)13-19)27-23(25)18-5-4-8-21(15-18)26-20-6-2-1-3-7-20/h1-15H. The van der Waals surface area contributed by atoms with Gasteiger partial charge in [0, 0.05) is 4.47 Å². The molecule has 0 atom stereocenters. The molecule has 0 aliphatic rings. The molecule has 132 valence electrons. The lowest BCUT2D eigenvalue weighted by Crippen LogP contribution is -2.08. The van der Waals surface area contributed by atoms with Gasteiger partial charge in [-0.05, 0) is 65.4 Å². The summed E-state index contributed by atoms with van der Waals surface area (Å²) in [7, 11) is 0. The van der Waals surface area contributed by atoms with Gasteiger partial charge in [0.1, 0.15) is 17.2 Å². The first-order valence-corrected chi connectivity index (χ1v) is 9.21. The van der Waals surface area contributed by atoms with Gasteiger partial charge in [0.2, 0.25) is 0 Å². The van der Waals surface area contributed by atoms with Gasteiger partial charge >= 0.3 is 5.97 Å². The highest BCUT2D eigenvalue weighted by atomic mass is 79.9. The van der Waals surface area contributed by atoms with Crippen LogP contribution in [0.15, 0.2) is 95.5 Å². The number of hydrogen-bond donors (Lipinski definition) is 0. The Kier molecular flexibility index (Phi) is 4.90. The molecular formula is C23H15BrO3. The van der Waals surface area contributed by atoms with Crippen molar-refractivity contribution in [1.29, 1.82) is 0 Å². The van der Waals surface area contributed by atoms with Gasteiger partial charge in [-0.3, -0.25) is 0 Å². The summed E-state index contributed by atoms with van der Waals surface area (Å²) in [6.07, 6.45) is 0. The Morgan fingerprint density at radius 1 is 0.667 bits per heavy atom. The zero-order valence-electron chi connectivity index (χ0n) is 14.3. The number of carbonyl (C=O) groups is 1. The van der Waals surface area contributed by atoms with Crippen LogP contribution < -0.4 is 9.47 Å². The number of carbonyl (C=O) groups excluding carboxylic acids is 1. The van der Waals surface area contributed by atoms with Crippen molar-refractivity contribution in [2.45, 2.75) is 0 Å². The first kappa shape index (κ1) is 17.3. The SMILES string of the molecule is O=C(Oc1ccc2cc(Br)ccc2c1)c1cccc(Oc2ccccc2)c1. The van der Waals surface area contributed by atoms with Gasteiger partial charge in [-0.25, -0.2) is 4.79 Å². The largest absolute Gasteiger partial charge is 0.457 e. The van der Waals surface area contributed by atoms with Crippen molar-refractivity contribution < 1.29 is 14.3 Å². The van der Waals surface area contributed by atoms with Crippen LogP contribution in [0.5, 0.6) is 17.2 Å². The Labute approximate surface area is 165 Å². The number of ether oxygens (including phenoxy) is 2. The van der Waals surface area contributed by atoms with E-state index in [1.165, 1.54) is 0 Å².